The number of ether oxygens (including phenoxy) is 2. The second-order valence-electron chi connectivity index (χ2n) is 5.18. The Morgan fingerprint density at radius 2 is 2.00 bits per heavy atom. The van der Waals surface area contributed by atoms with Crippen molar-refractivity contribution < 1.29 is 17.9 Å². The van der Waals surface area contributed by atoms with Gasteiger partial charge in [-0.25, -0.2) is 13.1 Å². The first kappa shape index (κ1) is 17.5. The Bertz CT molecular complexity index is 616. The minimum Gasteiger partial charge on any atom is -0.493 e. The lowest BCUT2D eigenvalue weighted by atomic mass is 10.1. The van der Waals surface area contributed by atoms with Crippen molar-refractivity contribution in [2.75, 3.05) is 33.9 Å². The standard InChI is InChI=1S/C14H21BrN2O4S/c1-20-12-7-11(15)14(8-13(12)21-2)22(18,19)17-6-4-10-3-5-16-9-10/h7-8,10,16-17H,3-6,9H2,1-2H3/t10-/m1/s1. The highest BCUT2D eigenvalue weighted by Gasteiger charge is 2.22. The van der Waals surface area contributed by atoms with Crippen molar-refractivity contribution in [3.63, 3.8) is 0 Å². The molecule has 1 fully saturated rings. The van der Waals surface area contributed by atoms with E-state index in [0.29, 0.717) is 28.4 Å². The van der Waals surface area contributed by atoms with Crippen LogP contribution in [0, 0.1) is 5.92 Å². The summed E-state index contributed by atoms with van der Waals surface area (Å²) in [5, 5.41) is 3.27. The van der Waals surface area contributed by atoms with Gasteiger partial charge < -0.3 is 14.8 Å². The molecule has 2 rings (SSSR count). The van der Waals surface area contributed by atoms with Crippen LogP contribution in [0.4, 0.5) is 0 Å². The number of halogens is 1. The van der Waals surface area contributed by atoms with Crippen molar-refractivity contribution in [3.8, 4) is 11.5 Å². The summed E-state index contributed by atoms with van der Waals surface area (Å²) in [5.41, 5.74) is 0. The van der Waals surface area contributed by atoms with Crippen LogP contribution in [0.2, 0.25) is 0 Å². The summed E-state index contributed by atoms with van der Waals surface area (Å²) in [6.45, 7) is 2.40. The van der Waals surface area contributed by atoms with Crippen molar-refractivity contribution in [2.24, 2.45) is 5.92 Å². The van der Waals surface area contributed by atoms with E-state index >= 15 is 0 Å². The molecule has 22 heavy (non-hydrogen) atoms. The fourth-order valence-electron chi connectivity index (χ4n) is 2.48. The van der Waals surface area contributed by atoms with E-state index in [1.807, 2.05) is 0 Å². The largest absolute Gasteiger partial charge is 0.493 e. The summed E-state index contributed by atoms with van der Waals surface area (Å²) in [4.78, 5) is 0.148. The molecule has 1 saturated heterocycles. The van der Waals surface area contributed by atoms with E-state index in [0.717, 1.165) is 25.9 Å². The lowest BCUT2D eigenvalue weighted by molar-refractivity contribution is 0.353. The van der Waals surface area contributed by atoms with Crippen molar-refractivity contribution in [2.45, 2.75) is 17.7 Å². The van der Waals surface area contributed by atoms with Crippen molar-refractivity contribution >= 4 is 26.0 Å². The van der Waals surface area contributed by atoms with E-state index in [1.165, 1.54) is 20.3 Å². The van der Waals surface area contributed by atoms with Gasteiger partial charge >= 0.3 is 0 Å². The number of methoxy groups -OCH3 is 2. The average molecular weight is 393 g/mol. The van der Waals surface area contributed by atoms with E-state index in [9.17, 15) is 8.42 Å². The molecule has 1 aromatic carbocycles. The summed E-state index contributed by atoms with van der Waals surface area (Å²) < 4.78 is 38.3. The number of hydrogen-bond donors (Lipinski definition) is 2. The molecule has 0 unspecified atom stereocenters. The first-order valence-corrected chi connectivity index (χ1v) is 9.37. The Labute approximate surface area is 139 Å². The van der Waals surface area contributed by atoms with E-state index in [-0.39, 0.29) is 4.90 Å². The van der Waals surface area contributed by atoms with E-state index in [1.54, 1.807) is 6.07 Å². The summed E-state index contributed by atoms with van der Waals surface area (Å²) in [6, 6.07) is 3.05. The summed E-state index contributed by atoms with van der Waals surface area (Å²) in [5.74, 6) is 1.40. The average Bonchev–Trinajstić information content (AvgIpc) is 2.99. The van der Waals surface area contributed by atoms with Crippen LogP contribution in [0.25, 0.3) is 0 Å². The quantitative estimate of drug-likeness (QED) is 0.738. The van der Waals surface area contributed by atoms with Gasteiger partial charge in [-0.3, -0.25) is 0 Å². The molecule has 1 heterocycles. The van der Waals surface area contributed by atoms with Crippen LogP contribution in [-0.2, 0) is 10.0 Å². The minimum atomic E-state index is -3.59. The molecule has 1 aliphatic rings. The van der Waals surface area contributed by atoms with E-state index in [2.05, 4.69) is 26.0 Å². The highest BCUT2D eigenvalue weighted by atomic mass is 79.9. The maximum absolute atomic E-state index is 12.4. The summed E-state index contributed by atoms with van der Waals surface area (Å²) in [7, 11) is -0.612. The van der Waals surface area contributed by atoms with Crippen LogP contribution >= 0.6 is 15.9 Å². The molecule has 0 radical (unpaired) electrons. The highest BCUT2D eigenvalue weighted by Crippen LogP contribution is 2.35. The zero-order valence-corrected chi connectivity index (χ0v) is 15.1. The van der Waals surface area contributed by atoms with Crippen LogP contribution in [0.1, 0.15) is 12.8 Å². The van der Waals surface area contributed by atoms with Gasteiger partial charge in [-0.2, -0.15) is 0 Å². The Kier molecular flexibility index (Phi) is 6.08. The lowest BCUT2D eigenvalue weighted by Crippen LogP contribution is -2.27. The molecule has 0 spiro atoms. The van der Waals surface area contributed by atoms with Gasteiger partial charge in [0.2, 0.25) is 10.0 Å². The minimum absolute atomic E-state index is 0.148. The zero-order chi connectivity index (χ0) is 16.2. The van der Waals surface area contributed by atoms with Gasteiger partial charge in [-0.1, -0.05) is 0 Å². The molecule has 124 valence electrons. The van der Waals surface area contributed by atoms with E-state index in [4.69, 9.17) is 9.47 Å². The maximum Gasteiger partial charge on any atom is 0.241 e. The first-order chi connectivity index (χ1) is 10.5. The Balaban J connectivity index is 2.10. The zero-order valence-electron chi connectivity index (χ0n) is 12.7. The molecule has 2 N–H and O–H groups in total. The third kappa shape index (κ3) is 4.13. The van der Waals surface area contributed by atoms with Gasteiger partial charge in [0.05, 0.1) is 14.2 Å². The molecular formula is C14H21BrN2O4S. The third-order valence-corrected chi connectivity index (χ3v) is 6.15. The van der Waals surface area contributed by atoms with Crippen LogP contribution in [-0.4, -0.2) is 42.3 Å². The lowest BCUT2D eigenvalue weighted by Gasteiger charge is -2.14. The fraction of sp³-hybridized carbons (Fsp3) is 0.571. The molecule has 0 amide bonds. The molecule has 8 heteroatoms. The maximum atomic E-state index is 12.4. The third-order valence-electron chi connectivity index (χ3n) is 3.73. The van der Waals surface area contributed by atoms with Crippen LogP contribution in [0.5, 0.6) is 11.5 Å². The number of nitrogens with one attached hydrogen (secondary N) is 2. The normalized spacial score (nSPS) is 18.4. The smallest absolute Gasteiger partial charge is 0.241 e. The van der Waals surface area contributed by atoms with Gasteiger partial charge in [0.1, 0.15) is 4.90 Å². The predicted molar refractivity (Wildman–Crippen MR) is 88.0 cm³/mol. The summed E-state index contributed by atoms with van der Waals surface area (Å²) >= 11 is 3.28. The van der Waals surface area contributed by atoms with Crippen molar-refractivity contribution in [1.82, 2.24) is 10.0 Å². The van der Waals surface area contributed by atoms with Crippen LogP contribution in [0.15, 0.2) is 21.5 Å². The van der Waals surface area contributed by atoms with Gasteiger partial charge in [0.15, 0.2) is 11.5 Å². The van der Waals surface area contributed by atoms with Gasteiger partial charge in [0.25, 0.3) is 0 Å². The fourth-order valence-corrected chi connectivity index (χ4v) is 4.56. The Hall–Kier alpha value is -0.830. The Morgan fingerprint density at radius 1 is 1.32 bits per heavy atom. The van der Waals surface area contributed by atoms with Crippen molar-refractivity contribution in [3.05, 3.63) is 16.6 Å². The van der Waals surface area contributed by atoms with Crippen molar-refractivity contribution in [1.29, 1.82) is 0 Å². The number of benzene rings is 1. The monoisotopic (exact) mass is 392 g/mol. The topological polar surface area (TPSA) is 76.7 Å². The predicted octanol–water partition coefficient (Wildman–Crippen LogP) is 1.74. The molecule has 0 saturated carbocycles. The molecule has 6 nitrogen and oxygen atoms in total. The second-order valence-corrected chi connectivity index (χ2v) is 7.77. The first-order valence-electron chi connectivity index (χ1n) is 7.10. The van der Waals surface area contributed by atoms with Gasteiger partial charge in [-0.05, 0) is 53.8 Å². The molecule has 0 bridgehead atoms. The molecular weight excluding hydrogens is 372 g/mol. The molecule has 1 aromatic rings. The highest BCUT2D eigenvalue weighted by molar-refractivity contribution is 9.10. The number of hydrogen-bond acceptors (Lipinski definition) is 5. The molecule has 1 atom stereocenters. The summed E-state index contributed by atoms with van der Waals surface area (Å²) in [6.07, 6.45) is 1.93. The molecule has 0 aromatic heterocycles. The molecule has 1 aliphatic heterocycles. The number of rotatable bonds is 7. The molecule has 0 aliphatic carbocycles. The second kappa shape index (κ2) is 7.63. The Morgan fingerprint density at radius 3 is 2.59 bits per heavy atom. The number of sulfonamides is 1. The van der Waals surface area contributed by atoms with Gasteiger partial charge in [-0.15, -0.1) is 0 Å². The van der Waals surface area contributed by atoms with Gasteiger partial charge in [0, 0.05) is 17.1 Å². The SMILES string of the molecule is COc1cc(Br)c(S(=O)(=O)NCC[C@H]2CCNC2)cc1OC. The van der Waals surface area contributed by atoms with E-state index < -0.39 is 10.0 Å². The van der Waals surface area contributed by atoms with Crippen LogP contribution < -0.4 is 19.5 Å². The van der Waals surface area contributed by atoms with Crippen LogP contribution in [0.3, 0.4) is 0 Å².